The van der Waals surface area contributed by atoms with Gasteiger partial charge in [0.05, 0.1) is 0 Å². The van der Waals surface area contributed by atoms with E-state index >= 15 is 0 Å². The first-order valence-corrected chi connectivity index (χ1v) is 4.96. The predicted molar refractivity (Wildman–Crippen MR) is 53.7 cm³/mol. The molecule has 0 amide bonds. The molecule has 0 bridgehead atoms. The van der Waals surface area contributed by atoms with Crippen molar-refractivity contribution < 1.29 is 4.74 Å². The van der Waals surface area contributed by atoms with Crippen molar-refractivity contribution in [2.24, 2.45) is 0 Å². The van der Waals surface area contributed by atoms with E-state index in [1.807, 2.05) is 19.9 Å². The zero-order valence-electron chi connectivity index (χ0n) is 7.97. The van der Waals surface area contributed by atoms with Crippen molar-refractivity contribution >= 4 is 17.7 Å². The minimum atomic E-state index is -0.286. The molecule has 2 nitrogen and oxygen atoms in total. The molecule has 0 aromatic rings. The second kappa shape index (κ2) is 3.13. The molecule has 0 saturated heterocycles. The van der Waals surface area contributed by atoms with Crippen molar-refractivity contribution in [3.63, 3.8) is 0 Å². The van der Waals surface area contributed by atoms with Gasteiger partial charge >= 0.3 is 0 Å². The Hall–Kier alpha value is -0.440. The van der Waals surface area contributed by atoms with Gasteiger partial charge in [-0.1, -0.05) is 13.8 Å². The van der Waals surface area contributed by atoms with E-state index in [1.54, 1.807) is 11.8 Å². The van der Waals surface area contributed by atoms with Crippen LogP contribution >= 0.6 is 11.8 Å². The Bertz CT molecular complexity index is 231. The lowest BCUT2D eigenvalue weighted by atomic mass is 10.1. The van der Waals surface area contributed by atoms with Crippen LogP contribution in [0.5, 0.6) is 0 Å². The zero-order valence-corrected chi connectivity index (χ0v) is 8.79. The van der Waals surface area contributed by atoms with Crippen molar-refractivity contribution in [2.75, 3.05) is 0 Å². The highest BCUT2D eigenvalue weighted by Gasteiger charge is 2.32. The summed E-state index contributed by atoms with van der Waals surface area (Å²) in [6.45, 7) is 8.28. The summed E-state index contributed by atoms with van der Waals surface area (Å²) in [6, 6.07) is 0. The fraction of sp³-hybridized carbons (Fsp3) is 0.667. The summed E-state index contributed by atoms with van der Waals surface area (Å²) in [6.07, 6.45) is 1.81. The number of ether oxygens (including phenoxy) is 1. The Morgan fingerprint density at radius 1 is 1.50 bits per heavy atom. The van der Waals surface area contributed by atoms with Gasteiger partial charge in [0.2, 0.25) is 5.90 Å². The van der Waals surface area contributed by atoms with Crippen LogP contribution in [0.1, 0.15) is 27.7 Å². The van der Waals surface area contributed by atoms with E-state index in [9.17, 15) is 0 Å². The number of hydrogen-bond acceptors (Lipinski definition) is 3. The van der Waals surface area contributed by atoms with Crippen molar-refractivity contribution in [3.05, 3.63) is 11.0 Å². The monoisotopic (exact) mass is 185 g/mol. The van der Waals surface area contributed by atoms with Gasteiger partial charge in [-0.2, -0.15) is 0 Å². The lowest BCUT2D eigenvalue weighted by Gasteiger charge is -2.22. The summed E-state index contributed by atoms with van der Waals surface area (Å²) >= 11 is 1.77. The maximum atomic E-state index is 7.37. The molecule has 3 heteroatoms. The van der Waals surface area contributed by atoms with Gasteiger partial charge < -0.3 is 4.74 Å². The molecule has 0 aromatic heterocycles. The lowest BCUT2D eigenvalue weighted by Crippen LogP contribution is -2.22. The van der Waals surface area contributed by atoms with Crippen molar-refractivity contribution in [3.8, 4) is 0 Å². The number of hydrogen-bond donors (Lipinski definition) is 1. The Kier molecular flexibility index (Phi) is 2.52. The SMILES string of the molecule is CC(C)SC1=CC(=N)OC1(C)C. The molecular weight excluding hydrogens is 170 g/mol. The molecule has 1 rings (SSSR count). The van der Waals surface area contributed by atoms with E-state index in [0.717, 1.165) is 4.91 Å². The molecule has 0 saturated carbocycles. The maximum Gasteiger partial charge on any atom is 0.207 e. The third-order valence-corrected chi connectivity index (χ3v) is 2.92. The normalized spacial score (nSPS) is 21.1. The highest BCUT2D eigenvalue weighted by atomic mass is 32.2. The second-order valence-electron chi connectivity index (χ2n) is 3.65. The highest BCUT2D eigenvalue weighted by molar-refractivity contribution is 8.03. The second-order valence-corrected chi connectivity index (χ2v) is 5.27. The summed E-state index contributed by atoms with van der Waals surface area (Å²) < 4.78 is 5.33. The standard InChI is InChI=1S/C9H15NOS/c1-6(2)12-7-5-8(10)11-9(7,3)4/h5-6,10H,1-4H3. The molecule has 1 aliphatic heterocycles. The molecule has 0 aromatic carbocycles. The Balaban J connectivity index is 2.74. The molecule has 0 fully saturated rings. The molecule has 12 heavy (non-hydrogen) atoms. The van der Waals surface area contributed by atoms with Crippen LogP contribution in [0.25, 0.3) is 0 Å². The first-order valence-electron chi connectivity index (χ1n) is 4.08. The summed E-state index contributed by atoms with van der Waals surface area (Å²) in [7, 11) is 0. The minimum absolute atomic E-state index is 0.281. The van der Waals surface area contributed by atoms with E-state index in [4.69, 9.17) is 10.1 Å². The van der Waals surface area contributed by atoms with E-state index in [2.05, 4.69) is 13.8 Å². The van der Waals surface area contributed by atoms with Gasteiger partial charge in [0, 0.05) is 16.2 Å². The third-order valence-electron chi connectivity index (χ3n) is 1.58. The van der Waals surface area contributed by atoms with Gasteiger partial charge in [0.1, 0.15) is 5.60 Å². The molecule has 0 spiro atoms. The predicted octanol–water partition coefficient (Wildman–Crippen LogP) is 2.80. The molecule has 0 unspecified atom stereocenters. The average Bonchev–Trinajstić information content (AvgIpc) is 2.04. The highest BCUT2D eigenvalue weighted by Crippen LogP contribution is 2.37. The van der Waals surface area contributed by atoms with Crippen LogP contribution in [0.2, 0.25) is 0 Å². The van der Waals surface area contributed by atoms with Crippen LogP contribution in [0, 0.1) is 5.41 Å². The Morgan fingerprint density at radius 2 is 2.08 bits per heavy atom. The van der Waals surface area contributed by atoms with Crippen LogP contribution in [-0.2, 0) is 4.74 Å². The number of thioether (sulfide) groups is 1. The fourth-order valence-corrected chi connectivity index (χ4v) is 2.09. The summed E-state index contributed by atoms with van der Waals surface area (Å²) in [5.74, 6) is 0.281. The van der Waals surface area contributed by atoms with Gasteiger partial charge in [0.15, 0.2) is 0 Å². The first kappa shape index (κ1) is 9.65. The van der Waals surface area contributed by atoms with Crippen LogP contribution in [0.3, 0.4) is 0 Å². The van der Waals surface area contributed by atoms with Crippen molar-refractivity contribution in [1.29, 1.82) is 5.41 Å². The van der Waals surface area contributed by atoms with Crippen LogP contribution in [0.4, 0.5) is 0 Å². The summed E-state index contributed by atoms with van der Waals surface area (Å²) in [5, 5.41) is 7.91. The van der Waals surface area contributed by atoms with Crippen LogP contribution < -0.4 is 0 Å². The van der Waals surface area contributed by atoms with Crippen molar-refractivity contribution in [2.45, 2.75) is 38.5 Å². The maximum absolute atomic E-state index is 7.37. The molecule has 1 N–H and O–H groups in total. The molecule has 0 radical (unpaired) electrons. The molecule has 68 valence electrons. The Morgan fingerprint density at radius 3 is 2.42 bits per heavy atom. The van der Waals surface area contributed by atoms with Gasteiger partial charge in [-0.05, 0) is 13.8 Å². The topological polar surface area (TPSA) is 33.1 Å². The number of nitrogens with one attached hydrogen (secondary N) is 1. The smallest absolute Gasteiger partial charge is 0.207 e. The number of rotatable bonds is 2. The lowest BCUT2D eigenvalue weighted by molar-refractivity contribution is 0.157. The van der Waals surface area contributed by atoms with E-state index in [0.29, 0.717) is 5.25 Å². The van der Waals surface area contributed by atoms with Crippen LogP contribution in [-0.4, -0.2) is 16.7 Å². The molecule has 1 aliphatic rings. The summed E-state index contributed by atoms with van der Waals surface area (Å²) in [4.78, 5) is 1.16. The third kappa shape index (κ3) is 2.03. The van der Waals surface area contributed by atoms with E-state index < -0.39 is 0 Å². The van der Waals surface area contributed by atoms with Gasteiger partial charge in [-0.15, -0.1) is 11.8 Å². The quantitative estimate of drug-likeness (QED) is 0.717. The summed E-state index contributed by atoms with van der Waals surface area (Å²) in [5.41, 5.74) is -0.286. The first-order chi connectivity index (χ1) is 5.42. The fourth-order valence-electron chi connectivity index (χ4n) is 1.08. The zero-order chi connectivity index (χ0) is 9.35. The van der Waals surface area contributed by atoms with Crippen LogP contribution in [0.15, 0.2) is 11.0 Å². The van der Waals surface area contributed by atoms with Gasteiger partial charge in [-0.25, -0.2) is 0 Å². The molecular formula is C9H15NOS. The Labute approximate surface area is 77.9 Å². The van der Waals surface area contributed by atoms with Crippen molar-refractivity contribution in [1.82, 2.24) is 0 Å². The van der Waals surface area contributed by atoms with Gasteiger partial charge in [-0.3, -0.25) is 5.41 Å². The van der Waals surface area contributed by atoms with E-state index in [1.165, 1.54) is 0 Å². The minimum Gasteiger partial charge on any atom is -0.467 e. The molecule has 0 atom stereocenters. The largest absolute Gasteiger partial charge is 0.467 e. The van der Waals surface area contributed by atoms with Gasteiger partial charge in [0.25, 0.3) is 0 Å². The average molecular weight is 185 g/mol. The molecule has 1 heterocycles. The molecule has 0 aliphatic carbocycles. The van der Waals surface area contributed by atoms with E-state index in [-0.39, 0.29) is 11.5 Å².